The molecule has 1 atom stereocenters. The van der Waals surface area contributed by atoms with Gasteiger partial charge in [0.15, 0.2) is 0 Å². The number of aromatic nitrogens is 1. The van der Waals surface area contributed by atoms with Crippen LogP contribution in [0.25, 0.3) is 0 Å². The zero-order valence-corrected chi connectivity index (χ0v) is 9.53. The first kappa shape index (κ1) is 10.3. The summed E-state index contributed by atoms with van der Waals surface area (Å²) >= 11 is 0. The van der Waals surface area contributed by atoms with E-state index < -0.39 is 0 Å². The van der Waals surface area contributed by atoms with Gasteiger partial charge in [0.25, 0.3) is 0 Å². The molecule has 3 heteroatoms. The molecule has 1 unspecified atom stereocenters. The maximum atomic E-state index is 4.49. The Morgan fingerprint density at radius 1 is 1.40 bits per heavy atom. The van der Waals surface area contributed by atoms with E-state index in [9.17, 15) is 0 Å². The standard InChI is InChI=1S/C12H19N3/c1-10-5-3-4-8-15(10)12-7-6-11(13-2)9-14-12/h6-7,9-10,13H,3-5,8H2,1-2H3. The minimum atomic E-state index is 0.631. The molecule has 1 saturated heterocycles. The van der Waals surface area contributed by atoms with Crippen molar-refractivity contribution in [3.8, 4) is 0 Å². The minimum absolute atomic E-state index is 0.631. The van der Waals surface area contributed by atoms with Gasteiger partial charge in [0.05, 0.1) is 11.9 Å². The van der Waals surface area contributed by atoms with E-state index in [2.05, 4.69) is 34.3 Å². The first-order valence-electron chi connectivity index (χ1n) is 5.71. The van der Waals surface area contributed by atoms with Gasteiger partial charge in [-0.05, 0) is 38.3 Å². The van der Waals surface area contributed by atoms with Crippen molar-refractivity contribution in [1.82, 2.24) is 4.98 Å². The van der Waals surface area contributed by atoms with Crippen LogP contribution in [0.1, 0.15) is 26.2 Å². The highest BCUT2D eigenvalue weighted by Crippen LogP contribution is 2.23. The van der Waals surface area contributed by atoms with Crippen molar-refractivity contribution < 1.29 is 0 Å². The molecule has 1 aliphatic heterocycles. The maximum absolute atomic E-state index is 4.49. The predicted molar refractivity (Wildman–Crippen MR) is 64.4 cm³/mol. The lowest BCUT2D eigenvalue weighted by atomic mass is 10.0. The molecule has 0 bridgehead atoms. The fourth-order valence-corrected chi connectivity index (χ4v) is 2.14. The second kappa shape index (κ2) is 4.51. The Balaban J connectivity index is 2.13. The Morgan fingerprint density at radius 3 is 2.87 bits per heavy atom. The van der Waals surface area contributed by atoms with Crippen LogP contribution in [0.15, 0.2) is 18.3 Å². The van der Waals surface area contributed by atoms with Crippen LogP contribution in [-0.2, 0) is 0 Å². The topological polar surface area (TPSA) is 28.2 Å². The summed E-state index contributed by atoms with van der Waals surface area (Å²) in [5.74, 6) is 1.11. The molecule has 0 aliphatic carbocycles. The molecule has 1 aromatic rings. The number of nitrogens with zero attached hydrogens (tertiary/aromatic N) is 2. The van der Waals surface area contributed by atoms with Gasteiger partial charge in [0.2, 0.25) is 0 Å². The van der Waals surface area contributed by atoms with Crippen LogP contribution < -0.4 is 10.2 Å². The second-order valence-electron chi connectivity index (χ2n) is 4.19. The minimum Gasteiger partial charge on any atom is -0.387 e. The maximum Gasteiger partial charge on any atom is 0.128 e. The number of piperidine rings is 1. The summed E-state index contributed by atoms with van der Waals surface area (Å²) in [4.78, 5) is 6.89. The molecule has 0 saturated carbocycles. The summed E-state index contributed by atoms with van der Waals surface area (Å²) in [5.41, 5.74) is 1.07. The normalized spacial score (nSPS) is 21.5. The highest BCUT2D eigenvalue weighted by molar-refractivity contribution is 5.48. The van der Waals surface area contributed by atoms with Crippen molar-refractivity contribution in [3.05, 3.63) is 18.3 Å². The molecule has 1 aromatic heterocycles. The van der Waals surface area contributed by atoms with Gasteiger partial charge < -0.3 is 10.2 Å². The number of hydrogen-bond acceptors (Lipinski definition) is 3. The van der Waals surface area contributed by atoms with Gasteiger partial charge >= 0.3 is 0 Å². The number of hydrogen-bond donors (Lipinski definition) is 1. The van der Waals surface area contributed by atoms with E-state index in [4.69, 9.17) is 0 Å². The zero-order chi connectivity index (χ0) is 10.7. The SMILES string of the molecule is CNc1ccc(N2CCCCC2C)nc1. The van der Waals surface area contributed by atoms with Crippen molar-refractivity contribution in [1.29, 1.82) is 0 Å². The van der Waals surface area contributed by atoms with E-state index in [0.29, 0.717) is 6.04 Å². The highest BCUT2D eigenvalue weighted by atomic mass is 15.2. The second-order valence-corrected chi connectivity index (χ2v) is 4.19. The number of rotatable bonds is 2. The number of anilines is 2. The van der Waals surface area contributed by atoms with Crippen molar-refractivity contribution in [2.24, 2.45) is 0 Å². The molecule has 0 amide bonds. The molecule has 2 heterocycles. The number of pyridine rings is 1. The molecule has 2 rings (SSSR count). The Morgan fingerprint density at radius 2 is 2.27 bits per heavy atom. The first-order valence-corrected chi connectivity index (χ1v) is 5.71. The molecule has 1 aliphatic rings. The van der Waals surface area contributed by atoms with E-state index in [1.807, 2.05) is 13.2 Å². The van der Waals surface area contributed by atoms with Crippen LogP contribution in [0.5, 0.6) is 0 Å². The quantitative estimate of drug-likeness (QED) is 0.804. The molecular weight excluding hydrogens is 186 g/mol. The lowest BCUT2D eigenvalue weighted by molar-refractivity contribution is 0.481. The molecule has 82 valence electrons. The van der Waals surface area contributed by atoms with Gasteiger partial charge in [0, 0.05) is 19.6 Å². The van der Waals surface area contributed by atoms with Crippen molar-refractivity contribution in [2.45, 2.75) is 32.2 Å². The third kappa shape index (κ3) is 2.22. The Bertz CT molecular complexity index is 307. The van der Waals surface area contributed by atoms with Gasteiger partial charge in [-0.3, -0.25) is 0 Å². The molecular formula is C12H19N3. The van der Waals surface area contributed by atoms with Gasteiger partial charge in [-0.15, -0.1) is 0 Å². The lowest BCUT2D eigenvalue weighted by Crippen LogP contribution is -2.37. The van der Waals surface area contributed by atoms with Crippen LogP contribution >= 0.6 is 0 Å². The molecule has 1 fully saturated rings. The predicted octanol–water partition coefficient (Wildman–Crippen LogP) is 2.50. The summed E-state index contributed by atoms with van der Waals surface area (Å²) in [6.45, 7) is 3.43. The van der Waals surface area contributed by atoms with E-state index >= 15 is 0 Å². The third-order valence-corrected chi connectivity index (χ3v) is 3.13. The fourth-order valence-electron chi connectivity index (χ4n) is 2.14. The summed E-state index contributed by atoms with van der Waals surface area (Å²) in [5, 5.41) is 3.09. The molecule has 0 spiro atoms. The monoisotopic (exact) mass is 205 g/mol. The van der Waals surface area contributed by atoms with E-state index in [-0.39, 0.29) is 0 Å². The molecule has 0 aromatic carbocycles. The average Bonchev–Trinajstić information content (AvgIpc) is 2.30. The van der Waals surface area contributed by atoms with Crippen LogP contribution in [0.3, 0.4) is 0 Å². The summed E-state index contributed by atoms with van der Waals surface area (Å²) in [6, 6.07) is 4.82. The van der Waals surface area contributed by atoms with Crippen LogP contribution in [0, 0.1) is 0 Å². The fraction of sp³-hybridized carbons (Fsp3) is 0.583. The number of nitrogens with one attached hydrogen (secondary N) is 1. The zero-order valence-electron chi connectivity index (χ0n) is 9.53. The summed E-state index contributed by atoms with van der Waals surface area (Å²) < 4.78 is 0. The molecule has 0 radical (unpaired) electrons. The molecule has 3 nitrogen and oxygen atoms in total. The van der Waals surface area contributed by atoms with Crippen LogP contribution in [0.2, 0.25) is 0 Å². The molecule has 15 heavy (non-hydrogen) atoms. The Hall–Kier alpha value is -1.25. The van der Waals surface area contributed by atoms with Gasteiger partial charge in [-0.2, -0.15) is 0 Å². The lowest BCUT2D eigenvalue weighted by Gasteiger charge is -2.34. The smallest absolute Gasteiger partial charge is 0.128 e. The van der Waals surface area contributed by atoms with Gasteiger partial charge in [0.1, 0.15) is 5.82 Å². The summed E-state index contributed by atoms with van der Waals surface area (Å²) in [7, 11) is 1.92. The summed E-state index contributed by atoms with van der Waals surface area (Å²) in [6.07, 6.45) is 5.83. The van der Waals surface area contributed by atoms with Crippen molar-refractivity contribution in [3.63, 3.8) is 0 Å². The van der Waals surface area contributed by atoms with E-state index in [1.54, 1.807) is 0 Å². The Kier molecular flexibility index (Phi) is 3.09. The molecule has 1 N–H and O–H groups in total. The Labute approximate surface area is 91.5 Å². The highest BCUT2D eigenvalue weighted by Gasteiger charge is 2.18. The largest absolute Gasteiger partial charge is 0.387 e. The van der Waals surface area contributed by atoms with E-state index in [0.717, 1.165) is 18.1 Å². The third-order valence-electron chi connectivity index (χ3n) is 3.13. The van der Waals surface area contributed by atoms with Crippen LogP contribution in [0.4, 0.5) is 11.5 Å². The van der Waals surface area contributed by atoms with Gasteiger partial charge in [-0.1, -0.05) is 0 Å². The van der Waals surface area contributed by atoms with Crippen molar-refractivity contribution in [2.75, 3.05) is 23.8 Å². The van der Waals surface area contributed by atoms with Gasteiger partial charge in [-0.25, -0.2) is 4.98 Å². The first-order chi connectivity index (χ1) is 7.31. The van der Waals surface area contributed by atoms with E-state index in [1.165, 1.54) is 19.3 Å². The van der Waals surface area contributed by atoms with Crippen molar-refractivity contribution >= 4 is 11.5 Å². The average molecular weight is 205 g/mol. The van der Waals surface area contributed by atoms with Crippen LogP contribution in [-0.4, -0.2) is 24.6 Å².